The van der Waals surface area contributed by atoms with E-state index in [1.807, 2.05) is 30.5 Å². The lowest BCUT2D eigenvalue weighted by atomic mass is 10.2. The third-order valence-corrected chi connectivity index (χ3v) is 7.36. The lowest BCUT2D eigenvalue weighted by molar-refractivity contribution is 0.0538. The van der Waals surface area contributed by atoms with E-state index in [4.69, 9.17) is 23.2 Å². The van der Waals surface area contributed by atoms with Gasteiger partial charge in [0.05, 0.1) is 10.6 Å². The molecule has 0 N–H and O–H groups in total. The normalized spacial score (nSPS) is 14.8. The van der Waals surface area contributed by atoms with Crippen molar-refractivity contribution in [2.45, 2.75) is 6.92 Å². The van der Waals surface area contributed by atoms with Crippen LogP contribution in [0, 0.1) is 6.92 Å². The van der Waals surface area contributed by atoms with E-state index in [0.29, 0.717) is 41.1 Å². The van der Waals surface area contributed by atoms with Crippen LogP contribution in [0.5, 0.6) is 0 Å². The van der Waals surface area contributed by atoms with Crippen LogP contribution in [-0.2, 0) is 0 Å². The van der Waals surface area contributed by atoms with Crippen molar-refractivity contribution in [1.82, 2.24) is 9.80 Å². The number of aryl methyl sites for hydroxylation is 1. The Bertz CT molecular complexity index is 1040. The zero-order valence-electron chi connectivity index (χ0n) is 14.5. The van der Waals surface area contributed by atoms with E-state index in [1.165, 1.54) is 11.3 Å². The molecular weight excluding hydrogens is 423 g/mol. The first-order valence-electron chi connectivity index (χ1n) is 8.45. The molecule has 3 aromatic rings. The molecule has 0 bridgehead atoms. The van der Waals surface area contributed by atoms with E-state index in [-0.39, 0.29) is 11.8 Å². The summed E-state index contributed by atoms with van der Waals surface area (Å²) in [6.07, 6.45) is 0. The van der Waals surface area contributed by atoms with Gasteiger partial charge in [0.15, 0.2) is 0 Å². The molecule has 0 spiro atoms. The number of carbonyl (C=O) groups excluding carboxylic acids is 2. The van der Waals surface area contributed by atoms with Crippen LogP contribution in [-0.4, -0.2) is 47.8 Å². The van der Waals surface area contributed by atoms with Gasteiger partial charge in [0.1, 0.15) is 4.88 Å². The van der Waals surface area contributed by atoms with E-state index in [1.54, 1.807) is 27.2 Å². The summed E-state index contributed by atoms with van der Waals surface area (Å²) < 4.78 is 0.900. The summed E-state index contributed by atoms with van der Waals surface area (Å²) in [4.78, 5) is 30.7. The smallest absolute Gasteiger partial charge is 0.265 e. The number of fused-ring (bicyclic) bond motifs is 1. The van der Waals surface area contributed by atoms with Crippen molar-refractivity contribution in [2.75, 3.05) is 26.2 Å². The minimum atomic E-state index is -0.0872. The van der Waals surface area contributed by atoms with Crippen molar-refractivity contribution in [3.8, 4) is 0 Å². The number of hydrogen-bond acceptors (Lipinski definition) is 4. The molecule has 0 atom stereocenters. The van der Waals surface area contributed by atoms with E-state index in [0.717, 1.165) is 20.5 Å². The van der Waals surface area contributed by atoms with Crippen LogP contribution in [0.2, 0.25) is 10.0 Å². The number of nitrogens with zero attached hydrogens (tertiary/aromatic N) is 2. The van der Waals surface area contributed by atoms with Gasteiger partial charge in [0.2, 0.25) is 0 Å². The Labute approximate surface area is 174 Å². The Balaban J connectivity index is 1.47. The van der Waals surface area contributed by atoms with Gasteiger partial charge in [-0.3, -0.25) is 9.59 Å². The van der Waals surface area contributed by atoms with Gasteiger partial charge < -0.3 is 9.80 Å². The third-order valence-electron chi connectivity index (χ3n) is 4.62. The molecule has 1 saturated heterocycles. The highest BCUT2D eigenvalue weighted by Crippen LogP contribution is 2.37. The topological polar surface area (TPSA) is 40.6 Å². The second-order valence-electron chi connectivity index (χ2n) is 6.42. The highest BCUT2D eigenvalue weighted by Gasteiger charge is 2.28. The van der Waals surface area contributed by atoms with Gasteiger partial charge in [-0.15, -0.1) is 22.7 Å². The average Bonchev–Trinajstić information content (AvgIpc) is 3.24. The Hall–Kier alpha value is -1.60. The van der Waals surface area contributed by atoms with E-state index >= 15 is 0 Å². The first-order valence-corrected chi connectivity index (χ1v) is 10.9. The van der Waals surface area contributed by atoms with Gasteiger partial charge in [0, 0.05) is 51.5 Å². The number of hydrogen-bond donors (Lipinski definition) is 0. The largest absolute Gasteiger partial charge is 0.335 e. The first-order chi connectivity index (χ1) is 12.9. The number of benzene rings is 1. The van der Waals surface area contributed by atoms with Gasteiger partial charge in [0.25, 0.3) is 11.8 Å². The molecule has 4 rings (SSSR count). The van der Waals surface area contributed by atoms with E-state index in [9.17, 15) is 9.59 Å². The van der Waals surface area contributed by atoms with Crippen LogP contribution in [0.4, 0.5) is 0 Å². The zero-order valence-corrected chi connectivity index (χ0v) is 17.6. The lowest BCUT2D eigenvalue weighted by Crippen LogP contribution is -2.50. The maximum absolute atomic E-state index is 12.9. The fourth-order valence-corrected chi connectivity index (χ4v) is 5.60. The average molecular weight is 439 g/mol. The van der Waals surface area contributed by atoms with Crippen molar-refractivity contribution >= 4 is 67.8 Å². The number of amides is 2. The predicted molar refractivity (Wildman–Crippen MR) is 113 cm³/mol. The Morgan fingerprint density at radius 3 is 2.30 bits per heavy atom. The van der Waals surface area contributed by atoms with Crippen molar-refractivity contribution in [2.24, 2.45) is 0 Å². The van der Waals surface area contributed by atoms with Gasteiger partial charge in [-0.1, -0.05) is 29.3 Å². The third kappa shape index (κ3) is 3.59. The molecule has 1 aromatic carbocycles. The second kappa shape index (κ2) is 7.43. The molecule has 27 heavy (non-hydrogen) atoms. The van der Waals surface area contributed by atoms with Crippen LogP contribution < -0.4 is 0 Å². The molecule has 0 radical (unpaired) electrons. The van der Waals surface area contributed by atoms with E-state index in [2.05, 4.69) is 0 Å². The minimum Gasteiger partial charge on any atom is -0.335 e. The fourth-order valence-electron chi connectivity index (χ4n) is 3.17. The van der Waals surface area contributed by atoms with Crippen LogP contribution in [0.15, 0.2) is 29.6 Å². The summed E-state index contributed by atoms with van der Waals surface area (Å²) in [5, 5.41) is 3.83. The summed E-state index contributed by atoms with van der Waals surface area (Å²) in [5.74, 6) is -0.0585. The molecule has 0 aliphatic carbocycles. The zero-order chi connectivity index (χ0) is 19.1. The molecule has 0 saturated carbocycles. The molecule has 2 amide bonds. The minimum absolute atomic E-state index is 0.0287. The number of thiophene rings is 2. The number of halogens is 2. The van der Waals surface area contributed by atoms with Crippen LogP contribution in [0.25, 0.3) is 10.1 Å². The number of carbonyl (C=O) groups is 2. The van der Waals surface area contributed by atoms with E-state index < -0.39 is 0 Å². The predicted octanol–water partition coefficient (Wildman–Crippen LogP) is 5.18. The summed E-state index contributed by atoms with van der Waals surface area (Å²) in [7, 11) is 0. The molecule has 8 heteroatoms. The van der Waals surface area contributed by atoms with Gasteiger partial charge >= 0.3 is 0 Å². The van der Waals surface area contributed by atoms with Crippen molar-refractivity contribution < 1.29 is 9.59 Å². The lowest BCUT2D eigenvalue weighted by Gasteiger charge is -2.34. The van der Waals surface area contributed by atoms with Gasteiger partial charge in [-0.2, -0.15) is 0 Å². The summed E-state index contributed by atoms with van der Waals surface area (Å²) in [5.41, 5.74) is 0.724. The van der Waals surface area contributed by atoms with Crippen molar-refractivity contribution in [1.29, 1.82) is 0 Å². The highest BCUT2D eigenvalue weighted by atomic mass is 35.5. The Morgan fingerprint density at radius 1 is 1.00 bits per heavy atom. The molecular formula is C19H16Cl2N2O2S2. The Kier molecular flexibility index (Phi) is 5.16. The van der Waals surface area contributed by atoms with Crippen molar-refractivity contribution in [3.05, 3.63) is 55.0 Å². The molecule has 2 aromatic heterocycles. The first kappa shape index (κ1) is 18.7. The molecule has 1 aliphatic heterocycles. The highest BCUT2D eigenvalue weighted by molar-refractivity contribution is 7.21. The van der Waals surface area contributed by atoms with Crippen LogP contribution in [0.3, 0.4) is 0 Å². The van der Waals surface area contributed by atoms with Crippen molar-refractivity contribution in [3.63, 3.8) is 0 Å². The van der Waals surface area contributed by atoms with Crippen LogP contribution >= 0.6 is 45.9 Å². The maximum atomic E-state index is 12.9. The Morgan fingerprint density at radius 2 is 1.67 bits per heavy atom. The monoisotopic (exact) mass is 438 g/mol. The quantitative estimate of drug-likeness (QED) is 0.553. The molecule has 1 fully saturated rings. The molecule has 0 unspecified atom stereocenters. The summed E-state index contributed by atoms with van der Waals surface area (Å²) >= 11 is 15.4. The fraction of sp³-hybridized carbons (Fsp3) is 0.263. The molecule has 1 aliphatic rings. The second-order valence-corrected chi connectivity index (χ2v) is 9.40. The van der Waals surface area contributed by atoms with Crippen LogP contribution in [0.1, 0.15) is 24.9 Å². The summed E-state index contributed by atoms with van der Waals surface area (Å²) in [6, 6.07) is 7.34. The van der Waals surface area contributed by atoms with Gasteiger partial charge in [-0.05, 0) is 25.1 Å². The summed E-state index contributed by atoms with van der Waals surface area (Å²) in [6.45, 7) is 4.03. The number of piperazine rings is 1. The standard InChI is InChI=1S/C19H16Cl2N2O2S2/c1-11-8-12(10-26-11)18(24)22-4-6-23(7-5-22)19(25)17-16(21)14-3-2-13(20)9-15(14)27-17/h2-3,8-10H,4-7H2,1H3. The SMILES string of the molecule is Cc1cc(C(=O)N2CCN(C(=O)c3sc4cc(Cl)ccc4c3Cl)CC2)cs1. The molecule has 140 valence electrons. The van der Waals surface area contributed by atoms with Gasteiger partial charge in [-0.25, -0.2) is 0 Å². The molecule has 3 heterocycles. The number of rotatable bonds is 2. The molecule has 4 nitrogen and oxygen atoms in total. The maximum Gasteiger partial charge on any atom is 0.265 e.